The van der Waals surface area contributed by atoms with Crippen molar-refractivity contribution in [3.05, 3.63) is 0 Å². The molecule has 32 valence electrons. The SMILES string of the molecule is C1=NCC2CN12. The highest BCUT2D eigenvalue weighted by molar-refractivity contribution is 5.62. The molecule has 1 atom stereocenters. The maximum atomic E-state index is 4.02. The second kappa shape index (κ2) is 0.600. The largest absolute Gasteiger partial charge is 0.354 e. The summed E-state index contributed by atoms with van der Waals surface area (Å²) in [5.41, 5.74) is 0. The summed E-state index contributed by atoms with van der Waals surface area (Å²) in [6.07, 6.45) is 1.94. The van der Waals surface area contributed by atoms with E-state index in [0.29, 0.717) is 0 Å². The van der Waals surface area contributed by atoms with Gasteiger partial charge in [0.25, 0.3) is 0 Å². The van der Waals surface area contributed by atoms with Crippen molar-refractivity contribution in [1.29, 1.82) is 0 Å². The standard InChI is InChI=1S/C4H6N2/c1-4-2-6(4)3-5-1/h3-4H,1-2H2. The minimum Gasteiger partial charge on any atom is -0.354 e. The molecule has 0 aliphatic carbocycles. The molecule has 0 bridgehead atoms. The van der Waals surface area contributed by atoms with Crippen LogP contribution in [0, 0.1) is 0 Å². The molecule has 2 aliphatic heterocycles. The second-order valence-electron chi connectivity index (χ2n) is 1.83. The van der Waals surface area contributed by atoms with Gasteiger partial charge in [-0.25, -0.2) is 0 Å². The van der Waals surface area contributed by atoms with Crippen LogP contribution in [0.3, 0.4) is 0 Å². The molecule has 2 rings (SSSR count). The summed E-state index contributed by atoms with van der Waals surface area (Å²) in [5, 5.41) is 0. The molecule has 1 unspecified atom stereocenters. The summed E-state index contributed by atoms with van der Waals surface area (Å²) in [4.78, 5) is 6.25. The van der Waals surface area contributed by atoms with Crippen LogP contribution in [0.5, 0.6) is 0 Å². The van der Waals surface area contributed by atoms with Crippen LogP contribution < -0.4 is 0 Å². The monoisotopic (exact) mass is 82.1 g/mol. The average Bonchev–Trinajstić information content (AvgIpc) is 2.17. The Labute approximate surface area is 36.5 Å². The molecular weight excluding hydrogens is 76.1 g/mol. The third-order valence-corrected chi connectivity index (χ3v) is 1.30. The summed E-state index contributed by atoms with van der Waals surface area (Å²) < 4.78 is 0. The van der Waals surface area contributed by atoms with E-state index in [-0.39, 0.29) is 0 Å². The highest BCUT2D eigenvalue weighted by Gasteiger charge is 2.34. The number of nitrogens with zero attached hydrogens (tertiary/aromatic N) is 2. The number of hydrogen-bond acceptors (Lipinski definition) is 2. The van der Waals surface area contributed by atoms with E-state index in [1.165, 1.54) is 6.54 Å². The lowest BCUT2D eigenvalue weighted by molar-refractivity contribution is 0.807. The number of aliphatic imine (C=N–C) groups is 1. The van der Waals surface area contributed by atoms with Crippen LogP contribution in [0.15, 0.2) is 4.99 Å². The van der Waals surface area contributed by atoms with E-state index in [4.69, 9.17) is 0 Å². The topological polar surface area (TPSA) is 15.4 Å². The predicted octanol–water partition coefficient (Wildman–Crippen LogP) is -0.288. The van der Waals surface area contributed by atoms with Gasteiger partial charge in [0.05, 0.1) is 18.9 Å². The minimum absolute atomic E-state index is 0.824. The highest BCUT2D eigenvalue weighted by atomic mass is 15.4. The van der Waals surface area contributed by atoms with Crippen LogP contribution in [-0.2, 0) is 0 Å². The third kappa shape index (κ3) is 0.161. The zero-order valence-corrected chi connectivity index (χ0v) is 3.46. The molecule has 0 saturated carbocycles. The summed E-state index contributed by atoms with van der Waals surface area (Å²) in [5.74, 6) is 0. The molecule has 1 fully saturated rings. The predicted molar refractivity (Wildman–Crippen MR) is 23.9 cm³/mol. The Kier molecular flexibility index (Phi) is 0.261. The molecule has 2 nitrogen and oxygen atoms in total. The normalized spacial score (nSPS) is 37.3. The van der Waals surface area contributed by atoms with E-state index < -0.39 is 0 Å². The second-order valence-corrected chi connectivity index (χ2v) is 1.83. The van der Waals surface area contributed by atoms with Gasteiger partial charge >= 0.3 is 0 Å². The Morgan fingerprint density at radius 2 is 2.83 bits per heavy atom. The zero-order chi connectivity index (χ0) is 3.98. The smallest absolute Gasteiger partial charge is 0.0855 e. The van der Waals surface area contributed by atoms with Gasteiger partial charge in [-0.3, -0.25) is 4.99 Å². The first-order valence-electron chi connectivity index (χ1n) is 2.22. The molecule has 0 amide bonds. The highest BCUT2D eigenvalue weighted by Crippen LogP contribution is 2.18. The Hall–Kier alpha value is -0.530. The van der Waals surface area contributed by atoms with Gasteiger partial charge < -0.3 is 4.90 Å². The lowest BCUT2D eigenvalue weighted by atomic mass is 10.5. The quantitative estimate of drug-likeness (QED) is 0.367. The van der Waals surface area contributed by atoms with Crippen LogP contribution >= 0.6 is 0 Å². The Bertz CT molecular complexity index is 97.7. The number of hydrogen-bond donors (Lipinski definition) is 0. The van der Waals surface area contributed by atoms with Crippen LogP contribution in [0.2, 0.25) is 0 Å². The van der Waals surface area contributed by atoms with E-state index >= 15 is 0 Å². The minimum atomic E-state index is 0.824. The Morgan fingerprint density at radius 1 is 1.83 bits per heavy atom. The molecule has 2 aliphatic rings. The van der Waals surface area contributed by atoms with Crippen molar-refractivity contribution in [3.63, 3.8) is 0 Å². The first-order chi connectivity index (χ1) is 2.97. The van der Waals surface area contributed by atoms with Crippen LogP contribution in [0.1, 0.15) is 0 Å². The van der Waals surface area contributed by atoms with Crippen molar-refractivity contribution < 1.29 is 0 Å². The summed E-state index contributed by atoms with van der Waals surface area (Å²) >= 11 is 0. The molecule has 0 N–H and O–H groups in total. The van der Waals surface area contributed by atoms with Gasteiger partial charge in [-0.05, 0) is 0 Å². The van der Waals surface area contributed by atoms with E-state index in [2.05, 4.69) is 9.89 Å². The van der Waals surface area contributed by atoms with E-state index in [9.17, 15) is 0 Å². The van der Waals surface area contributed by atoms with Crippen molar-refractivity contribution in [2.75, 3.05) is 13.1 Å². The molecular formula is C4H6N2. The lowest BCUT2D eigenvalue weighted by Crippen LogP contribution is -1.88. The van der Waals surface area contributed by atoms with Crippen molar-refractivity contribution in [2.24, 2.45) is 4.99 Å². The maximum Gasteiger partial charge on any atom is 0.0855 e. The van der Waals surface area contributed by atoms with Gasteiger partial charge in [-0.15, -0.1) is 0 Å². The molecule has 0 aromatic carbocycles. The fourth-order valence-corrected chi connectivity index (χ4v) is 0.774. The van der Waals surface area contributed by atoms with Gasteiger partial charge in [0.1, 0.15) is 0 Å². The van der Waals surface area contributed by atoms with Gasteiger partial charge in [-0.1, -0.05) is 0 Å². The number of rotatable bonds is 0. The van der Waals surface area contributed by atoms with Gasteiger partial charge in [-0.2, -0.15) is 0 Å². The van der Waals surface area contributed by atoms with Crippen LogP contribution in [0.25, 0.3) is 0 Å². The maximum absolute atomic E-state index is 4.02. The Morgan fingerprint density at radius 3 is 3.00 bits per heavy atom. The molecule has 0 aromatic rings. The van der Waals surface area contributed by atoms with E-state index in [1.54, 1.807) is 0 Å². The lowest BCUT2D eigenvalue weighted by Gasteiger charge is -1.74. The van der Waals surface area contributed by atoms with Crippen molar-refractivity contribution in [3.8, 4) is 0 Å². The fraction of sp³-hybridized carbons (Fsp3) is 0.750. The summed E-state index contributed by atoms with van der Waals surface area (Å²) in [7, 11) is 0. The fourth-order valence-electron chi connectivity index (χ4n) is 0.774. The van der Waals surface area contributed by atoms with Gasteiger partial charge in [0, 0.05) is 6.54 Å². The Balaban J connectivity index is 2.26. The first-order valence-corrected chi connectivity index (χ1v) is 2.22. The van der Waals surface area contributed by atoms with Gasteiger partial charge in [0.2, 0.25) is 0 Å². The molecule has 1 saturated heterocycles. The van der Waals surface area contributed by atoms with Crippen molar-refractivity contribution in [1.82, 2.24) is 4.90 Å². The van der Waals surface area contributed by atoms with Crippen molar-refractivity contribution in [2.45, 2.75) is 6.04 Å². The zero-order valence-electron chi connectivity index (χ0n) is 3.46. The van der Waals surface area contributed by atoms with Crippen molar-refractivity contribution >= 4 is 6.34 Å². The third-order valence-electron chi connectivity index (χ3n) is 1.30. The van der Waals surface area contributed by atoms with E-state index in [1.807, 2.05) is 6.34 Å². The molecule has 0 aromatic heterocycles. The molecule has 2 heteroatoms. The molecule has 2 heterocycles. The summed E-state index contributed by atoms with van der Waals surface area (Å²) in [6.45, 7) is 2.32. The molecule has 0 spiro atoms. The summed E-state index contributed by atoms with van der Waals surface area (Å²) in [6, 6.07) is 0.824. The number of fused-ring (bicyclic) bond motifs is 1. The van der Waals surface area contributed by atoms with E-state index in [0.717, 1.165) is 12.6 Å². The molecule has 0 radical (unpaired) electrons. The van der Waals surface area contributed by atoms with Gasteiger partial charge in [0.15, 0.2) is 0 Å². The molecule has 6 heavy (non-hydrogen) atoms. The first kappa shape index (κ1) is 2.61. The van der Waals surface area contributed by atoms with Crippen LogP contribution in [0.4, 0.5) is 0 Å². The van der Waals surface area contributed by atoms with Crippen LogP contribution in [-0.4, -0.2) is 30.4 Å². The average molecular weight is 82.1 g/mol.